The summed E-state index contributed by atoms with van der Waals surface area (Å²) in [5.41, 5.74) is -2.37. The number of anilines is 1. The smallest absolute Gasteiger partial charge is 0.414 e. The Kier molecular flexibility index (Phi) is 5.77. The largest absolute Gasteiger partial charge is 0.445 e. The molecule has 8 heteroatoms. The zero-order valence-corrected chi connectivity index (χ0v) is 22.0. The molecule has 3 N–H and O–H groups in total. The average molecular weight is 516 g/mol. The van der Waals surface area contributed by atoms with E-state index in [9.17, 15) is 24.9 Å². The number of halogens is 1. The molecule has 5 rings (SSSR count). The van der Waals surface area contributed by atoms with Crippen LogP contribution in [0.4, 0.5) is 10.5 Å². The zero-order chi connectivity index (χ0) is 26.4. The molecule has 1 amide bonds. The van der Waals surface area contributed by atoms with Crippen LogP contribution in [0.2, 0.25) is 5.02 Å². The Morgan fingerprint density at radius 2 is 1.83 bits per heavy atom. The summed E-state index contributed by atoms with van der Waals surface area (Å²) in [5.74, 6) is -0.693. The second kappa shape index (κ2) is 8.15. The summed E-state index contributed by atoms with van der Waals surface area (Å²) in [5, 5.41) is 35.3. The number of benzene rings is 1. The molecule has 194 valence electrons. The van der Waals surface area contributed by atoms with Crippen molar-refractivity contribution in [3.63, 3.8) is 0 Å². The van der Waals surface area contributed by atoms with Crippen LogP contribution in [0.15, 0.2) is 47.6 Å². The van der Waals surface area contributed by atoms with Gasteiger partial charge in [0, 0.05) is 23.7 Å². The van der Waals surface area contributed by atoms with Gasteiger partial charge in [0.1, 0.15) is 24.4 Å². The molecule has 2 fully saturated rings. The minimum Gasteiger partial charge on any atom is -0.445 e. The number of carbonyl (C=O) groups excluding carboxylic acids is 2. The molecule has 0 aromatic heterocycles. The maximum absolute atomic E-state index is 14.2. The number of rotatable bonds is 3. The number of aliphatic hydroxyl groups excluding tert-OH is 2. The van der Waals surface area contributed by atoms with Crippen molar-refractivity contribution in [2.75, 3.05) is 18.6 Å². The molecular weight excluding hydrogens is 482 g/mol. The zero-order valence-electron chi connectivity index (χ0n) is 21.2. The molecule has 1 aromatic rings. The van der Waals surface area contributed by atoms with Gasteiger partial charge < -0.3 is 20.1 Å². The molecule has 0 saturated heterocycles. The maximum Gasteiger partial charge on any atom is 0.414 e. The van der Waals surface area contributed by atoms with Gasteiger partial charge in [-0.05, 0) is 71.9 Å². The number of allylic oxidation sites excluding steroid dienone is 1. The first-order valence-corrected chi connectivity index (χ1v) is 12.8. The third-order valence-corrected chi connectivity index (χ3v) is 9.85. The molecule has 1 spiro atoms. The second-order valence-corrected chi connectivity index (χ2v) is 12.1. The molecule has 0 radical (unpaired) electrons. The van der Waals surface area contributed by atoms with E-state index in [0.29, 0.717) is 16.3 Å². The maximum atomic E-state index is 14.2. The van der Waals surface area contributed by atoms with Crippen LogP contribution in [-0.4, -0.2) is 58.7 Å². The van der Waals surface area contributed by atoms with Crippen LogP contribution in [0, 0.1) is 34.5 Å². The van der Waals surface area contributed by atoms with Gasteiger partial charge >= 0.3 is 6.09 Å². The van der Waals surface area contributed by atoms with E-state index in [4.69, 9.17) is 16.3 Å². The van der Waals surface area contributed by atoms with Crippen molar-refractivity contribution in [2.24, 2.45) is 34.5 Å². The van der Waals surface area contributed by atoms with Crippen molar-refractivity contribution in [1.29, 1.82) is 0 Å². The fourth-order valence-electron chi connectivity index (χ4n) is 7.43. The number of Topliss-reactive ketones (excluding diaryl/α,β-unsaturated/α-hetero) is 1. The van der Waals surface area contributed by atoms with Crippen LogP contribution >= 0.6 is 11.6 Å². The van der Waals surface area contributed by atoms with Crippen LogP contribution in [0.25, 0.3) is 0 Å². The van der Waals surface area contributed by atoms with E-state index in [-0.39, 0.29) is 41.1 Å². The van der Waals surface area contributed by atoms with Crippen LogP contribution < -0.4 is 4.90 Å². The lowest BCUT2D eigenvalue weighted by molar-refractivity contribution is -0.190. The molecule has 2 saturated carbocycles. The Morgan fingerprint density at radius 3 is 2.47 bits per heavy atom. The number of ether oxygens (including phenoxy) is 1. The standard InChI is InChI=1S/C28H34ClNO6/c1-14-12-27-15(2)10-20-21(26(20,3)4)19(24(27)33)11-16(23(32)28(27,35)22(14)31)13-36-25(34)30(5)18-8-6-17(29)7-9-18/h6-9,11-12,15,19-23,31-32,35H,10,13H2,1-5H3/t15-,19+,20-,21+,22+,23-,27+,28-/m1/s1. The molecule has 7 nitrogen and oxygen atoms in total. The summed E-state index contributed by atoms with van der Waals surface area (Å²) in [7, 11) is 1.56. The van der Waals surface area contributed by atoms with Gasteiger partial charge in [-0.25, -0.2) is 4.79 Å². The molecule has 36 heavy (non-hydrogen) atoms. The third kappa shape index (κ3) is 3.22. The minimum absolute atomic E-state index is 0.0512. The van der Waals surface area contributed by atoms with Crippen molar-refractivity contribution in [3.05, 3.63) is 52.6 Å². The first-order valence-electron chi connectivity index (χ1n) is 12.5. The van der Waals surface area contributed by atoms with E-state index < -0.39 is 35.2 Å². The third-order valence-electron chi connectivity index (χ3n) is 9.60. The van der Waals surface area contributed by atoms with Gasteiger partial charge in [-0.1, -0.05) is 44.5 Å². The highest BCUT2D eigenvalue weighted by atomic mass is 35.5. The van der Waals surface area contributed by atoms with Crippen LogP contribution in [-0.2, 0) is 9.53 Å². The highest BCUT2D eigenvalue weighted by molar-refractivity contribution is 6.30. The van der Waals surface area contributed by atoms with Gasteiger partial charge in [-0.3, -0.25) is 9.69 Å². The van der Waals surface area contributed by atoms with E-state index in [0.717, 1.165) is 6.42 Å². The highest BCUT2D eigenvalue weighted by Crippen LogP contribution is 2.71. The molecule has 0 unspecified atom stereocenters. The van der Waals surface area contributed by atoms with Gasteiger partial charge in [0.2, 0.25) is 0 Å². The molecule has 4 aliphatic rings. The number of ketones is 1. The molecule has 8 atom stereocenters. The lowest BCUT2D eigenvalue weighted by Crippen LogP contribution is -2.65. The molecular formula is C28H34ClNO6. The second-order valence-electron chi connectivity index (χ2n) is 11.7. The number of amides is 1. The van der Waals surface area contributed by atoms with Crippen LogP contribution in [0.3, 0.4) is 0 Å². The summed E-state index contributed by atoms with van der Waals surface area (Å²) < 4.78 is 5.55. The number of hydrogen-bond acceptors (Lipinski definition) is 6. The Labute approximate surface area is 216 Å². The van der Waals surface area contributed by atoms with Gasteiger partial charge in [-0.2, -0.15) is 0 Å². The average Bonchev–Trinajstić information content (AvgIpc) is 3.34. The SMILES string of the molecule is CC1=C[C@]23C(=O)[C@@H](C=C(COC(=O)N(C)c4ccc(Cl)cc4)[C@@H](O)[C@]2(O)[C@H]1O)[C@H]1[C@@H](C[C@H]3C)C1(C)C. The fourth-order valence-corrected chi connectivity index (χ4v) is 7.56. The summed E-state index contributed by atoms with van der Waals surface area (Å²) in [6.45, 7) is 7.57. The molecule has 4 aliphatic carbocycles. The lowest BCUT2D eigenvalue weighted by atomic mass is 9.59. The van der Waals surface area contributed by atoms with Crippen molar-refractivity contribution < 1.29 is 29.6 Å². The summed E-state index contributed by atoms with van der Waals surface area (Å²) in [6.07, 6.45) is 0.425. The first-order chi connectivity index (χ1) is 16.8. The first kappa shape index (κ1) is 25.5. The van der Waals surface area contributed by atoms with E-state index in [1.807, 2.05) is 6.92 Å². The normalized spacial score (nSPS) is 40.2. The van der Waals surface area contributed by atoms with Crippen LogP contribution in [0.5, 0.6) is 0 Å². The number of nitrogens with zero attached hydrogens (tertiary/aromatic N) is 1. The molecule has 1 aromatic carbocycles. The molecule has 2 bridgehead atoms. The lowest BCUT2D eigenvalue weighted by Gasteiger charge is -2.48. The van der Waals surface area contributed by atoms with E-state index in [1.54, 1.807) is 50.4 Å². The quantitative estimate of drug-likeness (QED) is 0.529. The highest BCUT2D eigenvalue weighted by Gasteiger charge is 2.75. The van der Waals surface area contributed by atoms with Crippen LogP contribution in [0.1, 0.15) is 34.1 Å². The van der Waals surface area contributed by atoms with E-state index >= 15 is 0 Å². The Morgan fingerprint density at radius 1 is 1.19 bits per heavy atom. The minimum atomic E-state index is -2.15. The van der Waals surface area contributed by atoms with Gasteiger partial charge in [-0.15, -0.1) is 0 Å². The predicted octanol–water partition coefficient (Wildman–Crippen LogP) is 3.75. The van der Waals surface area contributed by atoms with E-state index in [1.165, 1.54) is 4.90 Å². The Hall–Kier alpha value is -2.19. The van der Waals surface area contributed by atoms with Gasteiger partial charge in [0.05, 0.1) is 5.41 Å². The van der Waals surface area contributed by atoms with Crippen molar-refractivity contribution >= 4 is 29.2 Å². The monoisotopic (exact) mass is 515 g/mol. The van der Waals surface area contributed by atoms with Gasteiger partial charge in [0.15, 0.2) is 5.78 Å². The van der Waals surface area contributed by atoms with Crippen molar-refractivity contribution in [1.82, 2.24) is 0 Å². The fraction of sp³-hybridized carbons (Fsp3) is 0.571. The van der Waals surface area contributed by atoms with Crippen molar-refractivity contribution in [2.45, 2.75) is 51.9 Å². The number of fused-ring (bicyclic) bond motifs is 3. The Balaban J connectivity index is 1.50. The molecule has 0 heterocycles. The topological polar surface area (TPSA) is 107 Å². The van der Waals surface area contributed by atoms with Crippen molar-refractivity contribution in [3.8, 4) is 0 Å². The summed E-state index contributed by atoms with van der Waals surface area (Å²) >= 11 is 5.94. The molecule has 0 aliphatic heterocycles. The number of hydrogen-bond donors (Lipinski definition) is 3. The van der Waals surface area contributed by atoms with E-state index in [2.05, 4.69) is 13.8 Å². The number of aliphatic hydroxyl groups is 3. The summed E-state index contributed by atoms with van der Waals surface area (Å²) in [4.78, 5) is 28.4. The van der Waals surface area contributed by atoms with Gasteiger partial charge in [0.25, 0.3) is 0 Å². The Bertz CT molecular complexity index is 1170. The predicted molar refractivity (Wildman–Crippen MR) is 135 cm³/mol. The summed E-state index contributed by atoms with van der Waals surface area (Å²) in [6, 6.07) is 6.68. The number of carbonyl (C=O) groups is 2.